The van der Waals surface area contributed by atoms with E-state index in [4.69, 9.17) is 8.85 Å². The van der Waals surface area contributed by atoms with E-state index < -0.39 is 13.0 Å². The highest BCUT2D eigenvalue weighted by atomic mass is 16.5. The highest BCUT2D eigenvalue weighted by Crippen LogP contribution is 2.06. The van der Waals surface area contributed by atoms with Crippen molar-refractivity contribution in [2.75, 3.05) is 7.11 Å². The summed E-state index contributed by atoms with van der Waals surface area (Å²) in [6.07, 6.45) is 4.47. The Labute approximate surface area is 69.0 Å². The Bertz CT molecular complexity index is 123. The largest absolute Gasteiger partial charge is 0.382 e. The molecule has 0 saturated heterocycles. The number of unbranched alkanes of at least 4 members (excludes halogenated alkanes) is 3. The number of methoxy groups -OCH3 is 1. The third-order valence-corrected chi connectivity index (χ3v) is 1.60. The highest BCUT2D eigenvalue weighted by molar-refractivity contribution is 4.49. The van der Waals surface area contributed by atoms with Crippen molar-refractivity contribution in [3.63, 3.8) is 0 Å². The van der Waals surface area contributed by atoms with Crippen LogP contribution in [0.15, 0.2) is 0 Å². The molecule has 0 aromatic rings. The van der Waals surface area contributed by atoms with E-state index in [-0.39, 0.29) is 0 Å². The van der Waals surface area contributed by atoms with Gasteiger partial charge in [0, 0.05) is 11.2 Å². The second kappa shape index (κ2) is 7.07. The predicted octanol–water partition coefficient (Wildman–Crippen LogP) is 2.99. The Morgan fingerprint density at radius 3 is 2.70 bits per heavy atom. The lowest BCUT2D eigenvalue weighted by atomic mass is 10.1. The maximum absolute atomic E-state index is 7.18. The van der Waals surface area contributed by atoms with Crippen molar-refractivity contribution in [3.05, 3.63) is 0 Å². The molecule has 0 bridgehead atoms. The molecular weight excluding hydrogens is 124 g/mol. The average molecular weight is 147 g/mol. The molecule has 0 heterocycles. The summed E-state index contributed by atoms with van der Waals surface area (Å²) in [7, 11) is 1.47. The molecule has 0 fully saturated rings. The van der Waals surface area contributed by atoms with E-state index in [2.05, 4.69) is 6.92 Å². The van der Waals surface area contributed by atoms with Gasteiger partial charge in [0.25, 0.3) is 0 Å². The summed E-state index contributed by atoms with van der Waals surface area (Å²) in [5.41, 5.74) is 0. The summed E-state index contributed by atoms with van der Waals surface area (Å²) < 4.78 is 26.5. The summed E-state index contributed by atoms with van der Waals surface area (Å²) in [5.74, 6) is 0. The molecule has 0 radical (unpaired) electrons. The molecule has 0 spiro atoms. The molecule has 0 N–H and O–H groups in total. The molecule has 1 unspecified atom stereocenters. The van der Waals surface area contributed by atoms with E-state index in [1.54, 1.807) is 0 Å². The smallest absolute Gasteiger partial charge is 0.0543 e. The summed E-state index contributed by atoms with van der Waals surface area (Å²) in [6.45, 7) is 0.179. The van der Waals surface area contributed by atoms with Crippen molar-refractivity contribution >= 4 is 0 Å². The van der Waals surface area contributed by atoms with Gasteiger partial charge < -0.3 is 4.74 Å². The first-order chi connectivity index (χ1) is 6.02. The fourth-order valence-electron chi connectivity index (χ4n) is 0.874. The molecule has 1 nitrogen and oxygen atoms in total. The Morgan fingerprint density at radius 1 is 1.40 bits per heavy atom. The molecule has 0 saturated carbocycles. The van der Waals surface area contributed by atoms with Gasteiger partial charge in [0.2, 0.25) is 0 Å². The minimum Gasteiger partial charge on any atom is -0.382 e. The Morgan fingerprint density at radius 2 is 2.20 bits per heavy atom. The second-order valence-corrected chi connectivity index (χ2v) is 2.57. The molecule has 1 atom stereocenters. The minimum absolute atomic E-state index is 0.579. The van der Waals surface area contributed by atoms with Gasteiger partial charge in [0.15, 0.2) is 0 Å². The first-order valence-corrected chi connectivity index (χ1v) is 4.05. The minimum atomic E-state index is -1.96. The van der Waals surface area contributed by atoms with Crippen molar-refractivity contribution in [1.82, 2.24) is 0 Å². The molecule has 0 rings (SSSR count). The number of hydrogen-bond donors (Lipinski definition) is 0. The summed E-state index contributed by atoms with van der Waals surface area (Å²) >= 11 is 0. The molecule has 0 aromatic heterocycles. The molecule has 10 heavy (non-hydrogen) atoms. The fraction of sp³-hybridized carbons (Fsp3) is 1.00. The molecule has 0 amide bonds. The molecule has 0 aliphatic rings. The van der Waals surface area contributed by atoms with Crippen LogP contribution in [-0.2, 0) is 4.74 Å². The topological polar surface area (TPSA) is 9.23 Å². The van der Waals surface area contributed by atoms with Crippen molar-refractivity contribution in [2.45, 2.75) is 52.0 Å². The van der Waals surface area contributed by atoms with Crippen LogP contribution < -0.4 is 0 Å². The van der Waals surface area contributed by atoms with Gasteiger partial charge in [-0.2, -0.15) is 0 Å². The maximum Gasteiger partial charge on any atom is 0.0543 e. The molecule has 62 valence electrons. The molecular formula is C9H20O. The first kappa shape index (κ1) is 5.59. The maximum atomic E-state index is 7.18. The lowest BCUT2D eigenvalue weighted by Gasteiger charge is -2.07. The van der Waals surface area contributed by atoms with Crippen LogP contribution >= 0.6 is 0 Å². The lowest BCUT2D eigenvalue weighted by Crippen LogP contribution is -2.03. The van der Waals surface area contributed by atoms with Crippen LogP contribution in [0.25, 0.3) is 0 Å². The van der Waals surface area contributed by atoms with Crippen LogP contribution in [0.5, 0.6) is 0 Å². The zero-order valence-electron chi connectivity index (χ0n) is 10.0. The standard InChI is InChI=1S/C9H20O/c1-4-5-6-7-8-9(2)10-3/h9H,4-8H2,1-3H3/i2D3. The Balaban J connectivity index is 3.61. The molecule has 0 aliphatic heterocycles. The number of ether oxygens (including phenoxy) is 1. The van der Waals surface area contributed by atoms with Gasteiger partial charge in [-0.1, -0.05) is 32.6 Å². The van der Waals surface area contributed by atoms with Crippen LogP contribution in [0.4, 0.5) is 0 Å². The van der Waals surface area contributed by atoms with Crippen LogP contribution in [0.2, 0.25) is 0 Å². The van der Waals surface area contributed by atoms with Gasteiger partial charge >= 0.3 is 0 Å². The number of rotatable bonds is 6. The van der Waals surface area contributed by atoms with E-state index >= 15 is 0 Å². The molecule has 0 aromatic carbocycles. The summed E-state index contributed by atoms with van der Waals surface area (Å²) in [4.78, 5) is 0. The molecule has 0 aliphatic carbocycles. The van der Waals surface area contributed by atoms with Crippen LogP contribution in [0.3, 0.4) is 0 Å². The third kappa shape index (κ3) is 6.09. The van der Waals surface area contributed by atoms with Gasteiger partial charge in [-0.15, -0.1) is 0 Å². The van der Waals surface area contributed by atoms with Crippen molar-refractivity contribution in [1.29, 1.82) is 0 Å². The monoisotopic (exact) mass is 147 g/mol. The van der Waals surface area contributed by atoms with Crippen molar-refractivity contribution in [3.8, 4) is 0 Å². The van der Waals surface area contributed by atoms with E-state index in [0.717, 1.165) is 12.8 Å². The van der Waals surface area contributed by atoms with Gasteiger partial charge in [-0.3, -0.25) is 0 Å². The zero-order chi connectivity index (χ0) is 10.3. The zero-order valence-corrected chi connectivity index (χ0v) is 7.02. The van der Waals surface area contributed by atoms with Gasteiger partial charge in [0.1, 0.15) is 0 Å². The van der Waals surface area contributed by atoms with Gasteiger partial charge in [-0.05, 0) is 13.3 Å². The Hall–Kier alpha value is -0.0400. The average Bonchev–Trinajstić information content (AvgIpc) is 2.02. The van der Waals surface area contributed by atoms with Crippen LogP contribution in [-0.4, -0.2) is 13.2 Å². The Kier molecular flexibility index (Phi) is 3.95. The van der Waals surface area contributed by atoms with Crippen molar-refractivity contribution < 1.29 is 8.85 Å². The fourth-order valence-corrected chi connectivity index (χ4v) is 0.874. The SMILES string of the molecule is [2H]C([2H])([2H])C(CCCCCC)OC. The van der Waals surface area contributed by atoms with Crippen LogP contribution in [0.1, 0.15) is 50.0 Å². The highest BCUT2D eigenvalue weighted by Gasteiger charge is 1.96. The normalized spacial score (nSPS) is 19.2. The quantitative estimate of drug-likeness (QED) is 0.525. The van der Waals surface area contributed by atoms with Gasteiger partial charge in [-0.25, -0.2) is 0 Å². The van der Waals surface area contributed by atoms with Crippen molar-refractivity contribution in [2.24, 2.45) is 0 Å². The van der Waals surface area contributed by atoms with E-state index in [0.29, 0.717) is 6.42 Å². The predicted molar refractivity (Wildman–Crippen MR) is 45.2 cm³/mol. The first-order valence-electron chi connectivity index (χ1n) is 5.55. The second-order valence-electron chi connectivity index (χ2n) is 2.57. The van der Waals surface area contributed by atoms with E-state index in [1.165, 1.54) is 20.0 Å². The van der Waals surface area contributed by atoms with Crippen LogP contribution in [0, 0.1) is 0 Å². The lowest BCUT2D eigenvalue weighted by molar-refractivity contribution is 0.108. The molecule has 1 heteroatoms. The van der Waals surface area contributed by atoms with Gasteiger partial charge in [0.05, 0.1) is 6.10 Å². The number of hydrogen-bond acceptors (Lipinski definition) is 1. The summed E-state index contributed by atoms with van der Waals surface area (Å²) in [6, 6.07) is 0. The van der Waals surface area contributed by atoms with E-state index in [9.17, 15) is 0 Å². The van der Waals surface area contributed by atoms with E-state index in [1.807, 2.05) is 0 Å². The summed E-state index contributed by atoms with van der Waals surface area (Å²) in [5, 5.41) is 0. The third-order valence-electron chi connectivity index (χ3n) is 1.60.